The van der Waals surface area contributed by atoms with Gasteiger partial charge >= 0.3 is 0 Å². The first-order valence-electron chi connectivity index (χ1n) is 11.6. The number of ketones is 1. The van der Waals surface area contributed by atoms with Gasteiger partial charge in [0, 0.05) is 46.6 Å². The van der Waals surface area contributed by atoms with Crippen LogP contribution in [0.4, 0.5) is 0 Å². The SMILES string of the molecule is [B]C1([B])Cc2ncc(C(C(C)=O)=C(C)N)cc2/C(=C/CCC)N1C1Nn2c(nccc2=O)C=C1C. The Hall–Kier alpha value is -3.55. The highest BCUT2D eigenvalue weighted by atomic mass is 16.1. The fraction of sp³-hybridized carbons (Fsp3) is 0.360. The van der Waals surface area contributed by atoms with Gasteiger partial charge in [0.05, 0.1) is 21.4 Å². The summed E-state index contributed by atoms with van der Waals surface area (Å²) in [5.74, 6) is 0.364. The lowest BCUT2D eigenvalue weighted by Gasteiger charge is -2.52. The molecule has 0 fully saturated rings. The van der Waals surface area contributed by atoms with Gasteiger partial charge in [0.25, 0.3) is 5.56 Å². The molecule has 0 saturated carbocycles. The summed E-state index contributed by atoms with van der Waals surface area (Å²) in [5.41, 5.74) is 13.7. The number of Topliss-reactive ketones (excluding diaryl/α,β-unsaturated/α-hetero) is 1. The van der Waals surface area contributed by atoms with Gasteiger partial charge in [0.2, 0.25) is 0 Å². The summed E-state index contributed by atoms with van der Waals surface area (Å²) in [4.78, 5) is 35.7. The van der Waals surface area contributed by atoms with Gasteiger partial charge in [-0.2, -0.15) is 0 Å². The Bertz CT molecular complexity index is 1340. The first-order valence-corrected chi connectivity index (χ1v) is 11.6. The summed E-state index contributed by atoms with van der Waals surface area (Å²) in [6.07, 6.45) is 8.44. The van der Waals surface area contributed by atoms with E-state index in [1.807, 2.05) is 24.0 Å². The molecule has 2 aliphatic heterocycles. The van der Waals surface area contributed by atoms with Crippen LogP contribution < -0.4 is 16.7 Å². The van der Waals surface area contributed by atoms with Gasteiger partial charge in [-0.15, -0.1) is 0 Å². The Labute approximate surface area is 207 Å². The zero-order valence-corrected chi connectivity index (χ0v) is 20.5. The lowest BCUT2D eigenvalue weighted by Crippen LogP contribution is -2.62. The molecule has 3 N–H and O–H groups in total. The van der Waals surface area contributed by atoms with Crippen molar-refractivity contribution in [2.45, 2.75) is 58.5 Å². The Morgan fingerprint density at radius 1 is 1.34 bits per heavy atom. The van der Waals surface area contributed by atoms with Gasteiger partial charge < -0.3 is 10.6 Å². The van der Waals surface area contributed by atoms with Crippen LogP contribution in [-0.4, -0.2) is 52.5 Å². The quantitative estimate of drug-likeness (QED) is 0.512. The highest BCUT2D eigenvalue weighted by molar-refractivity contribution is 6.40. The van der Waals surface area contributed by atoms with Gasteiger partial charge in [-0.1, -0.05) is 19.4 Å². The topological polar surface area (TPSA) is 106 Å². The van der Waals surface area contributed by atoms with Gasteiger partial charge in [0.15, 0.2) is 11.6 Å². The van der Waals surface area contributed by atoms with Crippen LogP contribution in [0, 0.1) is 0 Å². The van der Waals surface area contributed by atoms with Crippen molar-refractivity contribution in [3.05, 3.63) is 74.9 Å². The molecule has 0 bridgehead atoms. The molecule has 176 valence electrons. The van der Waals surface area contributed by atoms with Crippen LogP contribution in [0.2, 0.25) is 0 Å². The zero-order valence-electron chi connectivity index (χ0n) is 20.5. The second kappa shape index (κ2) is 9.24. The Kier molecular flexibility index (Phi) is 6.49. The molecule has 0 spiro atoms. The predicted octanol–water partition coefficient (Wildman–Crippen LogP) is 1.89. The molecular formula is C25H28B2N6O2. The molecule has 0 aliphatic carbocycles. The number of pyridine rings is 1. The van der Waals surface area contributed by atoms with Crippen molar-refractivity contribution < 1.29 is 4.79 Å². The second-order valence-corrected chi connectivity index (χ2v) is 9.15. The number of hydrogen-bond acceptors (Lipinski definition) is 7. The number of allylic oxidation sites excluding steroid dienone is 3. The number of nitrogens with zero attached hydrogens (tertiary/aromatic N) is 4. The number of carbonyl (C=O) groups excluding carboxylic acids is 1. The second-order valence-electron chi connectivity index (χ2n) is 9.15. The highest BCUT2D eigenvalue weighted by Crippen LogP contribution is 2.39. The smallest absolute Gasteiger partial charge is 0.272 e. The Balaban J connectivity index is 1.90. The summed E-state index contributed by atoms with van der Waals surface area (Å²) >= 11 is 0. The minimum Gasteiger partial charge on any atom is -0.402 e. The molecule has 0 saturated heterocycles. The first-order chi connectivity index (χ1) is 16.5. The van der Waals surface area contributed by atoms with E-state index in [-0.39, 0.29) is 17.8 Å². The molecule has 0 aromatic carbocycles. The van der Waals surface area contributed by atoms with Gasteiger partial charge in [0.1, 0.15) is 6.17 Å². The fourth-order valence-corrected chi connectivity index (χ4v) is 4.70. The molecule has 8 nitrogen and oxygen atoms in total. The van der Waals surface area contributed by atoms with Crippen molar-refractivity contribution in [3.8, 4) is 0 Å². The molecule has 1 atom stereocenters. The molecule has 2 aliphatic rings. The minimum atomic E-state index is -1.31. The van der Waals surface area contributed by atoms with E-state index in [4.69, 9.17) is 21.4 Å². The molecule has 4 radical (unpaired) electrons. The van der Waals surface area contributed by atoms with Gasteiger partial charge in [-0.05, 0) is 56.7 Å². The van der Waals surface area contributed by atoms with E-state index < -0.39 is 11.5 Å². The van der Waals surface area contributed by atoms with Crippen LogP contribution in [0.25, 0.3) is 17.3 Å². The number of aromatic nitrogens is 3. The molecule has 35 heavy (non-hydrogen) atoms. The Morgan fingerprint density at radius 3 is 2.74 bits per heavy atom. The number of nitrogens with two attached hydrogens (primary N) is 1. The van der Waals surface area contributed by atoms with Crippen LogP contribution in [-0.2, 0) is 11.2 Å². The number of hydrogen-bond donors (Lipinski definition) is 2. The van der Waals surface area contributed by atoms with E-state index in [0.29, 0.717) is 22.7 Å². The van der Waals surface area contributed by atoms with Gasteiger partial charge in [-0.3, -0.25) is 20.0 Å². The zero-order chi connectivity index (χ0) is 25.5. The lowest BCUT2D eigenvalue weighted by atomic mass is 9.56. The lowest BCUT2D eigenvalue weighted by molar-refractivity contribution is -0.111. The summed E-state index contributed by atoms with van der Waals surface area (Å²) in [7, 11) is 13.4. The van der Waals surface area contributed by atoms with Crippen LogP contribution >= 0.6 is 0 Å². The molecule has 2 aromatic heterocycles. The third-order valence-electron chi connectivity index (χ3n) is 6.24. The van der Waals surface area contributed by atoms with Crippen molar-refractivity contribution in [2.75, 3.05) is 5.43 Å². The van der Waals surface area contributed by atoms with Crippen molar-refractivity contribution in [1.82, 2.24) is 19.5 Å². The van der Waals surface area contributed by atoms with Crippen LogP contribution in [0.1, 0.15) is 63.2 Å². The highest BCUT2D eigenvalue weighted by Gasteiger charge is 2.41. The number of fused-ring (bicyclic) bond motifs is 2. The number of carbonyl (C=O) groups is 1. The van der Waals surface area contributed by atoms with Crippen molar-refractivity contribution in [2.24, 2.45) is 5.73 Å². The number of nitrogens with one attached hydrogen (secondary N) is 1. The minimum absolute atomic E-state index is 0.137. The fourth-order valence-electron chi connectivity index (χ4n) is 4.70. The van der Waals surface area contributed by atoms with E-state index in [0.717, 1.165) is 35.4 Å². The van der Waals surface area contributed by atoms with E-state index >= 15 is 0 Å². The number of unbranched alkanes of at least 4 members (excludes halogenated alkanes) is 1. The van der Waals surface area contributed by atoms with Crippen LogP contribution in [0.3, 0.4) is 0 Å². The van der Waals surface area contributed by atoms with E-state index in [1.165, 1.54) is 23.9 Å². The molecule has 4 rings (SSSR count). The first kappa shape index (κ1) is 24.6. The maximum absolute atomic E-state index is 12.5. The Morgan fingerprint density at radius 2 is 2.09 bits per heavy atom. The summed E-state index contributed by atoms with van der Waals surface area (Å²) in [6, 6.07) is 3.31. The molecule has 10 heteroatoms. The third kappa shape index (κ3) is 4.45. The average molecular weight is 466 g/mol. The predicted molar refractivity (Wildman–Crippen MR) is 140 cm³/mol. The normalized spacial score (nSPS) is 20.3. The molecular weight excluding hydrogens is 438 g/mol. The molecule has 0 amide bonds. The van der Waals surface area contributed by atoms with Crippen LogP contribution in [0.5, 0.6) is 0 Å². The van der Waals surface area contributed by atoms with Gasteiger partial charge in [-0.25, -0.2) is 9.66 Å². The van der Waals surface area contributed by atoms with E-state index in [1.54, 1.807) is 13.1 Å². The van der Waals surface area contributed by atoms with Crippen LogP contribution in [0.15, 0.2) is 46.7 Å². The average Bonchev–Trinajstić information content (AvgIpc) is 2.77. The van der Waals surface area contributed by atoms with Crippen molar-refractivity contribution in [1.29, 1.82) is 0 Å². The summed E-state index contributed by atoms with van der Waals surface area (Å²) in [5, 5.41) is -1.31. The largest absolute Gasteiger partial charge is 0.402 e. The summed E-state index contributed by atoms with van der Waals surface area (Å²) in [6.45, 7) is 7.20. The molecule has 1 unspecified atom stereocenters. The monoisotopic (exact) mass is 466 g/mol. The van der Waals surface area contributed by atoms with Crippen molar-refractivity contribution in [3.63, 3.8) is 0 Å². The summed E-state index contributed by atoms with van der Waals surface area (Å²) < 4.78 is 1.39. The molecule has 2 aromatic rings. The number of rotatable bonds is 5. The van der Waals surface area contributed by atoms with Crippen molar-refractivity contribution >= 4 is 38.8 Å². The maximum atomic E-state index is 12.5. The standard InChI is InChI=1S/C25H28B2N6O2/c1-5-6-7-20-18-11-17(23(15(3)28)16(4)34)13-30-19(18)12-25(26,27)32(20)24-14(2)10-21-29-9-8-22(35)33(21)31-24/h7-11,13,24,31H,5-6,12,28H2,1-4H3/b20-7-,23-15?. The van der Waals surface area contributed by atoms with E-state index in [2.05, 4.69) is 28.4 Å². The third-order valence-corrected chi connectivity index (χ3v) is 6.24. The van der Waals surface area contributed by atoms with E-state index in [9.17, 15) is 9.59 Å². The molecule has 4 heterocycles. The maximum Gasteiger partial charge on any atom is 0.272 e.